The molecular weight excluding hydrogens is 290 g/mol. The Labute approximate surface area is 124 Å². The third-order valence-corrected chi connectivity index (χ3v) is 4.86. The van der Waals surface area contributed by atoms with Crippen molar-refractivity contribution in [1.82, 2.24) is 13.9 Å². The van der Waals surface area contributed by atoms with Gasteiger partial charge in [-0.3, -0.25) is 0 Å². The zero-order valence-electron chi connectivity index (χ0n) is 11.9. The van der Waals surface area contributed by atoms with Crippen molar-refractivity contribution < 1.29 is 13.5 Å². The molecule has 1 aromatic carbocycles. The fourth-order valence-corrected chi connectivity index (χ4v) is 3.32. The van der Waals surface area contributed by atoms with E-state index in [1.165, 1.54) is 16.8 Å². The van der Waals surface area contributed by atoms with Crippen LogP contribution in [0.15, 0.2) is 47.9 Å². The number of aliphatic hydroxyl groups excluding tert-OH is 1. The Bertz CT molecular complexity index is 668. The van der Waals surface area contributed by atoms with E-state index >= 15 is 0 Å². The molecule has 7 heteroatoms. The summed E-state index contributed by atoms with van der Waals surface area (Å²) in [4.78, 5) is 3.96. The van der Waals surface area contributed by atoms with Gasteiger partial charge in [0.15, 0.2) is 5.03 Å². The summed E-state index contributed by atoms with van der Waals surface area (Å²) in [6.45, 7) is 2.58. The Hall–Kier alpha value is -1.70. The lowest BCUT2D eigenvalue weighted by atomic mass is 10.2. The Balaban J connectivity index is 2.27. The number of hydrogen-bond acceptors (Lipinski definition) is 4. The van der Waals surface area contributed by atoms with Crippen molar-refractivity contribution in [2.24, 2.45) is 0 Å². The Morgan fingerprint density at radius 2 is 2.00 bits per heavy atom. The third-order valence-electron chi connectivity index (χ3n) is 3.13. The summed E-state index contributed by atoms with van der Waals surface area (Å²) in [5, 5.41) is 9.15. The fourth-order valence-electron chi connectivity index (χ4n) is 1.96. The summed E-state index contributed by atoms with van der Waals surface area (Å²) in [5.74, 6) is 0. The van der Waals surface area contributed by atoms with Crippen LogP contribution in [0.5, 0.6) is 0 Å². The minimum atomic E-state index is -3.71. The van der Waals surface area contributed by atoms with Crippen molar-refractivity contribution >= 4 is 10.0 Å². The standard InChI is InChI=1S/C14H19N3O3S/c1-2-16-11-14(15-12-16)21(19,20)17(8-9-18)10-13-6-4-3-5-7-13/h3-7,11-12,18H,2,8-10H2,1H3. The largest absolute Gasteiger partial charge is 0.395 e. The Kier molecular flexibility index (Phi) is 5.11. The van der Waals surface area contributed by atoms with Crippen LogP contribution in [-0.2, 0) is 23.1 Å². The summed E-state index contributed by atoms with van der Waals surface area (Å²) >= 11 is 0. The van der Waals surface area contributed by atoms with Crippen LogP contribution >= 0.6 is 0 Å². The van der Waals surface area contributed by atoms with E-state index in [4.69, 9.17) is 5.11 Å². The number of nitrogens with zero attached hydrogens (tertiary/aromatic N) is 3. The first-order chi connectivity index (χ1) is 10.1. The van der Waals surface area contributed by atoms with Crippen molar-refractivity contribution in [2.75, 3.05) is 13.2 Å². The van der Waals surface area contributed by atoms with Crippen LogP contribution < -0.4 is 0 Å². The van der Waals surface area contributed by atoms with E-state index < -0.39 is 10.0 Å². The molecule has 0 saturated heterocycles. The highest BCUT2D eigenvalue weighted by Crippen LogP contribution is 2.16. The fraction of sp³-hybridized carbons (Fsp3) is 0.357. The van der Waals surface area contributed by atoms with E-state index in [2.05, 4.69) is 4.98 Å². The molecule has 1 heterocycles. The van der Waals surface area contributed by atoms with Crippen LogP contribution in [0, 0.1) is 0 Å². The zero-order valence-corrected chi connectivity index (χ0v) is 12.7. The van der Waals surface area contributed by atoms with Crippen molar-refractivity contribution in [3.8, 4) is 0 Å². The lowest BCUT2D eigenvalue weighted by Crippen LogP contribution is -2.33. The van der Waals surface area contributed by atoms with E-state index in [1.807, 2.05) is 37.3 Å². The van der Waals surface area contributed by atoms with Gasteiger partial charge in [-0.15, -0.1) is 0 Å². The highest BCUT2D eigenvalue weighted by atomic mass is 32.2. The number of rotatable bonds is 7. The minimum Gasteiger partial charge on any atom is -0.395 e. The lowest BCUT2D eigenvalue weighted by molar-refractivity contribution is 0.251. The molecule has 0 saturated carbocycles. The molecule has 0 atom stereocenters. The predicted octanol–water partition coefficient (Wildman–Crippen LogP) is 1.09. The molecule has 2 aromatic rings. The molecule has 0 radical (unpaired) electrons. The molecule has 0 aliphatic heterocycles. The first-order valence-electron chi connectivity index (χ1n) is 6.74. The van der Waals surface area contributed by atoms with Crippen molar-refractivity contribution in [1.29, 1.82) is 0 Å². The summed E-state index contributed by atoms with van der Waals surface area (Å²) < 4.78 is 28.1. The van der Waals surface area contributed by atoms with E-state index in [9.17, 15) is 8.42 Å². The maximum atomic E-state index is 12.6. The van der Waals surface area contributed by atoms with Crippen LogP contribution in [0.2, 0.25) is 0 Å². The summed E-state index contributed by atoms with van der Waals surface area (Å²) in [6, 6.07) is 9.28. The second kappa shape index (κ2) is 6.84. The van der Waals surface area contributed by atoms with Gasteiger partial charge in [0.1, 0.15) is 0 Å². The molecule has 0 unspecified atom stereocenters. The molecule has 0 aliphatic carbocycles. The molecular formula is C14H19N3O3S. The molecule has 0 bridgehead atoms. The highest BCUT2D eigenvalue weighted by Gasteiger charge is 2.26. The number of aromatic nitrogens is 2. The molecule has 114 valence electrons. The molecule has 0 amide bonds. The highest BCUT2D eigenvalue weighted by molar-refractivity contribution is 7.89. The quantitative estimate of drug-likeness (QED) is 0.830. The van der Waals surface area contributed by atoms with E-state index in [-0.39, 0.29) is 24.7 Å². The molecule has 21 heavy (non-hydrogen) atoms. The van der Waals surface area contributed by atoms with Gasteiger partial charge in [0.2, 0.25) is 0 Å². The molecule has 2 rings (SSSR count). The van der Waals surface area contributed by atoms with Crippen LogP contribution in [0.4, 0.5) is 0 Å². The zero-order chi connectivity index (χ0) is 15.3. The van der Waals surface area contributed by atoms with E-state index in [0.717, 1.165) is 5.56 Å². The third kappa shape index (κ3) is 3.69. The van der Waals surface area contributed by atoms with Gasteiger partial charge in [-0.25, -0.2) is 13.4 Å². The van der Waals surface area contributed by atoms with Crippen molar-refractivity contribution in [2.45, 2.75) is 25.0 Å². The maximum absolute atomic E-state index is 12.6. The van der Waals surface area contributed by atoms with Gasteiger partial charge in [0.05, 0.1) is 12.9 Å². The summed E-state index contributed by atoms with van der Waals surface area (Å²) in [7, 11) is -3.71. The molecule has 0 aliphatic rings. The molecule has 0 fully saturated rings. The normalized spacial score (nSPS) is 12.0. The Morgan fingerprint density at radius 1 is 1.29 bits per heavy atom. The predicted molar refractivity (Wildman–Crippen MR) is 79.0 cm³/mol. The van der Waals surface area contributed by atoms with Crippen molar-refractivity contribution in [3.63, 3.8) is 0 Å². The van der Waals surface area contributed by atoms with E-state index in [1.54, 1.807) is 4.57 Å². The van der Waals surface area contributed by atoms with Crippen molar-refractivity contribution in [3.05, 3.63) is 48.4 Å². The smallest absolute Gasteiger partial charge is 0.262 e. The second-order valence-corrected chi connectivity index (χ2v) is 6.47. The van der Waals surface area contributed by atoms with E-state index in [0.29, 0.717) is 6.54 Å². The summed E-state index contributed by atoms with van der Waals surface area (Å²) in [6.07, 6.45) is 3.00. The second-order valence-electron chi connectivity index (χ2n) is 4.59. The monoisotopic (exact) mass is 309 g/mol. The van der Waals surface area contributed by atoms with Crippen LogP contribution in [0.3, 0.4) is 0 Å². The lowest BCUT2D eigenvalue weighted by Gasteiger charge is -2.20. The summed E-state index contributed by atoms with van der Waals surface area (Å²) in [5.41, 5.74) is 0.865. The van der Waals surface area contributed by atoms with Crippen LogP contribution in [-0.4, -0.2) is 40.5 Å². The number of aryl methyl sites for hydroxylation is 1. The van der Waals surface area contributed by atoms with Gasteiger partial charge in [-0.1, -0.05) is 30.3 Å². The van der Waals surface area contributed by atoms with Gasteiger partial charge in [-0.05, 0) is 12.5 Å². The number of hydrogen-bond donors (Lipinski definition) is 1. The first-order valence-corrected chi connectivity index (χ1v) is 8.18. The van der Waals surface area contributed by atoms with Gasteiger partial charge < -0.3 is 9.67 Å². The molecule has 1 aromatic heterocycles. The topological polar surface area (TPSA) is 75.4 Å². The number of aliphatic hydroxyl groups is 1. The number of sulfonamides is 1. The number of imidazole rings is 1. The van der Waals surface area contributed by atoms with Gasteiger partial charge in [-0.2, -0.15) is 4.31 Å². The first kappa shape index (κ1) is 15.7. The van der Waals surface area contributed by atoms with Crippen LogP contribution in [0.1, 0.15) is 12.5 Å². The molecule has 6 nitrogen and oxygen atoms in total. The maximum Gasteiger partial charge on any atom is 0.262 e. The molecule has 0 spiro atoms. The Morgan fingerprint density at radius 3 is 2.57 bits per heavy atom. The average Bonchev–Trinajstić information content (AvgIpc) is 2.97. The minimum absolute atomic E-state index is 0.00808. The van der Waals surface area contributed by atoms with Gasteiger partial charge in [0.25, 0.3) is 10.0 Å². The van der Waals surface area contributed by atoms with Gasteiger partial charge >= 0.3 is 0 Å². The van der Waals surface area contributed by atoms with Gasteiger partial charge in [0, 0.05) is 25.8 Å². The SMILES string of the molecule is CCn1cnc(S(=O)(=O)N(CCO)Cc2ccccc2)c1. The van der Waals surface area contributed by atoms with Crippen LogP contribution in [0.25, 0.3) is 0 Å². The average molecular weight is 309 g/mol. The number of benzene rings is 1. The molecule has 1 N–H and O–H groups in total.